The molecule has 22 heavy (non-hydrogen) atoms. The second kappa shape index (κ2) is 5.79. The number of halogens is 1. The molecule has 0 N–H and O–H groups in total. The normalized spacial score (nSPS) is 15.2. The van der Waals surface area contributed by atoms with Gasteiger partial charge in [0.05, 0.1) is 5.69 Å². The van der Waals surface area contributed by atoms with Gasteiger partial charge in [-0.3, -0.25) is 9.48 Å². The molecule has 2 heterocycles. The van der Waals surface area contributed by atoms with Crippen molar-refractivity contribution in [2.75, 3.05) is 31.1 Å². The average molecular weight is 302 g/mol. The predicted octanol–water partition coefficient (Wildman–Crippen LogP) is 1.83. The highest BCUT2D eigenvalue weighted by atomic mass is 19.1. The quantitative estimate of drug-likeness (QED) is 0.850. The first-order valence-electron chi connectivity index (χ1n) is 7.35. The van der Waals surface area contributed by atoms with Gasteiger partial charge in [-0.05, 0) is 37.3 Å². The van der Waals surface area contributed by atoms with Gasteiger partial charge in [0.2, 0.25) is 0 Å². The Morgan fingerprint density at radius 3 is 2.32 bits per heavy atom. The summed E-state index contributed by atoms with van der Waals surface area (Å²) in [5, 5.41) is 4.22. The van der Waals surface area contributed by atoms with Crippen LogP contribution in [-0.2, 0) is 7.05 Å². The molecule has 1 amide bonds. The summed E-state index contributed by atoms with van der Waals surface area (Å²) in [6, 6.07) is 8.29. The van der Waals surface area contributed by atoms with Crippen molar-refractivity contribution in [2.45, 2.75) is 6.92 Å². The van der Waals surface area contributed by atoms with Crippen molar-refractivity contribution in [1.29, 1.82) is 0 Å². The van der Waals surface area contributed by atoms with Gasteiger partial charge in [-0.1, -0.05) is 0 Å². The van der Waals surface area contributed by atoms with Crippen molar-refractivity contribution in [1.82, 2.24) is 14.7 Å². The third-order valence-corrected chi connectivity index (χ3v) is 3.98. The highest BCUT2D eigenvalue weighted by Gasteiger charge is 2.24. The zero-order chi connectivity index (χ0) is 15.7. The van der Waals surface area contributed by atoms with Gasteiger partial charge in [0, 0.05) is 38.9 Å². The van der Waals surface area contributed by atoms with E-state index in [1.54, 1.807) is 23.9 Å². The van der Waals surface area contributed by atoms with E-state index in [-0.39, 0.29) is 11.7 Å². The van der Waals surface area contributed by atoms with Crippen LogP contribution in [0.4, 0.5) is 10.1 Å². The number of carbonyl (C=O) groups excluding carboxylic acids is 1. The first-order valence-corrected chi connectivity index (χ1v) is 7.35. The second-order valence-electron chi connectivity index (χ2n) is 5.55. The van der Waals surface area contributed by atoms with E-state index in [9.17, 15) is 9.18 Å². The van der Waals surface area contributed by atoms with Gasteiger partial charge >= 0.3 is 0 Å². The Labute approximate surface area is 128 Å². The molecule has 1 aliphatic heterocycles. The molecule has 116 valence electrons. The van der Waals surface area contributed by atoms with Crippen LogP contribution in [0, 0.1) is 12.7 Å². The summed E-state index contributed by atoms with van der Waals surface area (Å²) in [6.45, 7) is 4.67. The molecule has 0 spiro atoms. The molecule has 1 aromatic heterocycles. The van der Waals surface area contributed by atoms with Crippen LogP contribution in [0.5, 0.6) is 0 Å². The Kier molecular flexibility index (Phi) is 3.83. The standard InChI is InChI=1S/C16H19FN4O/c1-12-11-15(19(2)18-12)16(22)21-9-7-20(8-10-21)14-5-3-13(17)4-6-14/h3-6,11H,7-10H2,1-2H3. The van der Waals surface area contributed by atoms with Crippen molar-refractivity contribution >= 4 is 11.6 Å². The molecular weight excluding hydrogens is 283 g/mol. The fourth-order valence-corrected chi connectivity index (χ4v) is 2.79. The summed E-state index contributed by atoms with van der Waals surface area (Å²) in [4.78, 5) is 16.5. The molecule has 6 heteroatoms. The van der Waals surface area contributed by atoms with Crippen molar-refractivity contribution in [3.05, 3.63) is 47.5 Å². The molecule has 2 aromatic rings. The van der Waals surface area contributed by atoms with E-state index < -0.39 is 0 Å². The zero-order valence-corrected chi connectivity index (χ0v) is 12.8. The third kappa shape index (κ3) is 2.81. The number of aryl methyl sites for hydroxylation is 2. The van der Waals surface area contributed by atoms with E-state index >= 15 is 0 Å². The highest BCUT2D eigenvalue weighted by molar-refractivity contribution is 5.92. The number of amides is 1. The largest absolute Gasteiger partial charge is 0.368 e. The zero-order valence-electron chi connectivity index (χ0n) is 12.8. The second-order valence-corrected chi connectivity index (χ2v) is 5.55. The fourth-order valence-electron chi connectivity index (χ4n) is 2.79. The van der Waals surface area contributed by atoms with Gasteiger partial charge in [-0.2, -0.15) is 5.10 Å². The smallest absolute Gasteiger partial charge is 0.272 e. The topological polar surface area (TPSA) is 41.4 Å². The molecule has 1 aromatic carbocycles. The summed E-state index contributed by atoms with van der Waals surface area (Å²) in [7, 11) is 1.79. The lowest BCUT2D eigenvalue weighted by Crippen LogP contribution is -2.49. The van der Waals surface area contributed by atoms with Gasteiger partial charge < -0.3 is 9.80 Å². The monoisotopic (exact) mass is 302 g/mol. The van der Waals surface area contributed by atoms with Crippen LogP contribution in [-0.4, -0.2) is 46.8 Å². The molecule has 0 atom stereocenters. The number of piperazine rings is 1. The Hall–Kier alpha value is -2.37. The minimum Gasteiger partial charge on any atom is -0.368 e. The Bertz CT molecular complexity index is 672. The molecule has 0 saturated carbocycles. The fraction of sp³-hybridized carbons (Fsp3) is 0.375. The predicted molar refractivity (Wildman–Crippen MR) is 82.5 cm³/mol. The molecule has 0 aliphatic carbocycles. The minimum atomic E-state index is -0.232. The van der Waals surface area contributed by atoms with E-state index in [0.717, 1.165) is 24.5 Å². The number of benzene rings is 1. The first kappa shape index (κ1) is 14.6. The van der Waals surface area contributed by atoms with Gasteiger partial charge in [0.1, 0.15) is 11.5 Å². The Morgan fingerprint density at radius 1 is 1.14 bits per heavy atom. The highest BCUT2D eigenvalue weighted by Crippen LogP contribution is 2.18. The molecule has 0 unspecified atom stereocenters. The number of aromatic nitrogens is 2. The van der Waals surface area contributed by atoms with E-state index in [1.165, 1.54) is 12.1 Å². The van der Waals surface area contributed by atoms with Crippen LogP contribution in [0.15, 0.2) is 30.3 Å². The summed E-state index contributed by atoms with van der Waals surface area (Å²) in [5.74, 6) is -0.217. The van der Waals surface area contributed by atoms with Crippen LogP contribution in [0.1, 0.15) is 16.2 Å². The molecule has 0 radical (unpaired) electrons. The SMILES string of the molecule is Cc1cc(C(=O)N2CCN(c3ccc(F)cc3)CC2)n(C)n1. The van der Waals surface area contributed by atoms with Gasteiger partial charge in [0.15, 0.2) is 0 Å². The lowest BCUT2D eigenvalue weighted by molar-refractivity contribution is 0.0735. The Balaban J connectivity index is 1.65. The number of anilines is 1. The molecule has 1 fully saturated rings. The molecular formula is C16H19FN4O. The number of carbonyl (C=O) groups is 1. The van der Waals surface area contributed by atoms with Crippen molar-refractivity contribution in [3.8, 4) is 0 Å². The van der Waals surface area contributed by atoms with E-state index in [4.69, 9.17) is 0 Å². The van der Waals surface area contributed by atoms with Crippen LogP contribution in [0.2, 0.25) is 0 Å². The Morgan fingerprint density at radius 2 is 1.77 bits per heavy atom. The average Bonchev–Trinajstić information content (AvgIpc) is 2.86. The maximum atomic E-state index is 13.0. The first-order chi connectivity index (χ1) is 10.5. The van der Waals surface area contributed by atoms with Crippen LogP contribution in [0.3, 0.4) is 0 Å². The maximum absolute atomic E-state index is 13.0. The minimum absolute atomic E-state index is 0.0156. The van der Waals surface area contributed by atoms with E-state index in [1.807, 2.05) is 17.9 Å². The lowest BCUT2D eigenvalue weighted by atomic mass is 10.2. The maximum Gasteiger partial charge on any atom is 0.272 e. The number of nitrogens with zero attached hydrogens (tertiary/aromatic N) is 4. The summed E-state index contributed by atoms with van der Waals surface area (Å²) < 4.78 is 14.6. The van der Waals surface area contributed by atoms with Gasteiger partial charge in [-0.15, -0.1) is 0 Å². The van der Waals surface area contributed by atoms with Crippen LogP contribution in [0.25, 0.3) is 0 Å². The molecule has 1 saturated heterocycles. The van der Waals surface area contributed by atoms with Gasteiger partial charge in [0.25, 0.3) is 5.91 Å². The van der Waals surface area contributed by atoms with Crippen molar-refractivity contribution in [2.24, 2.45) is 7.05 Å². The van der Waals surface area contributed by atoms with Crippen molar-refractivity contribution in [3.63, 3.8) is 0 Å². The number of rotatable bonds is 2. The summed E-state index contributed by atoms with van der Waals surface area (Å²) in [5.41, 5.74) is 2.45. The van der Waals surface area contributed by atoms with Gasteiger partial charge in [-0.25, -0.2) is 4.39 Å². The molecule has 1 aliphatic rings. The number of hydrogen-bond donors (Lipinski definition) is 0. The van der Waals surface area contributed by atoms with Crippen LogP contribution < -0.4 is 4.90 Å². The molecule has 5 nitrogen and oxygen atoms in total. The van der Waals surface area contributed by atoms with Crippen molar-refractivity contribution < 1.29 is 9.18 Å². The lowest BCUT2D eigenvalue weighted by Gasteiger charge is -2.36. The summed E-state index contributed by atoms with van der Waals surface area (Å²) >= 11 is 0. The van der Waals surface area contributed by atoms with E-state index in [0.29, 0.717) is 18.8 Å². The third-order valence-electron chi connectivity index (χ3n) is 3.98. The molecule has 0 bridgehead atoms. The number of hydrogen-bond acceptors (Lipinski definition) is 3. The summed E-state index contributed by atoms with van der Waals surface area (Å²) in [6.07, 6.45) is 0. The molecule has 3 rings (SSSR count). The van der Waals surface area contributed by atoms with Crippen LogP contribution >= 0.6 is 0 Å². The van der Waals surface area contributed by atoms with E-state index in [2.05, 4.69) is 10.00 Å².